The standard InChI is InChI=1S/C17H24N4O5S2.C14H20N4O6S2.C9H12N2O3S2.C7H10N2O2.C5H9BrO3.C3H4N2.2C2H6.C2H2/c1-14(28-17(27)21-10-6-9-20-21)15(23)25-11-12-26-16(24)19-8-5-3-2-4-7-18-13-22;1-10(26-14(25)18-7-3-4-17-18)11(19)23-8-9-24-13(21)16-6-5-15-12(20)22-2;1-7(8(13)14-6-5-12)16-9(15)11-4-2-3-10-11;10-6-8-4-2-1-3-5-9-7-11;1-4(6)5(8)9-3-2-7;1-2-4-5-3-1;3*1-2/h6,9-10,14H,2-5,7-8,11-12H2,1H3,(H,19,24);3-4,7,10H,5-6,8-9H2,1-2H3,(H,15,20)(H,16,21);2-4,7,12H,5-6H2,1H3;1-5H2;4,7H,2-3H2,1H3;1-3H,(H,4,5);2*1-2H3;1-2H. The van der Waals surface area contributed by atoms with Gasteiger partial charge in [0.1, 0.15) is 60.2 Å². The Morgan fingerprint density at radius 3 is 1.13 bits per heavy atom. The van der Waals surface area contributed by atoms with Crippen LogP contribution in [-0.4, -0.2) is 243 Å². The van der Waals surface area contributed by atoms with Crippen LogP contribution in [0.3, 0.4) is 0 Å². The van der Waals surface area contributed by atoms with Crippen molar-refractivity contribution in [2.75, 3.05) is 99.2 Å². The van der Waals surface area contributed by atoms with Crippen molar-refractivity contribution < 1.29 is 91.3 Å². The number of thiocarbonyl (C=S) groups is 3. The average Bonchev–Trinajstić information content (AvgIpc) is 1.93. The number of esters is 4. The summed E-state index contributed by atoms with van der Waals surface area (Å²) in [4.78, 5) is 118. The molecule has 101 heavy (non-hydrogen) atoms. The normalized spacial score (nSPS) is 10.4. The molecular weight excluding hydrogens is 1510 g/mol. The molecule has 6 N–H and O–H groups in total. The number of methoxy groups -OCH3 is 1. The molecule has 0 spiro atoms. The van der Waals surface area contributed by atoms with E-state index >= 15 is 0 Å². The highest BCUT2D eigenvalue weighted by molar-refractivity contribution is 9.10. The quantitative estimate of drug-likeness (QED) is 0.00391. The zero-order valence-electron chi connectivity index (χ0n) is 57.9. The van der Waals surface area contributed by atoms with Crippen molar-refractivity contribution in [1.29, 1.82) is 0 Å². The zero-order chi connectivity index (χ0) is 77.1. The minimum Gasteiger partial charge on any atom is -0.462 e. The van der Waals surface area contributed by atoms with Gasteiger partial charge in [-0.2, -0.15) is 20.4 Å². The number of hydrogen-bond donors (Lipinski definition) is 6. The summed E-state index contributed by atoms with van der Waals surface area (Å²) in [7, 11) is 1.24. The molecule has 3 amide bonds. The Hall–Kier alpha value is -8.05. The Morgan fingerprint density at radius 2 is 0.832 bits per heavy atom. The Kier molecular flexibility index (Phi) is 76.6. The number of hydrogen-bond acceptors (Lipinski definition) is 32. The van der Waals surface area contributed by atoms with Crippen LogP contribution in [0.15, 0.2) is 88.8 Å². The van der Waals surface area contributed by atoms with Gasteiger partial charge in [-0.1, -0.05) is 128 Å². The van der Waals surface area contributed by atoms with E-state index in [1.54, 1.807) is 95.5 Å². The number of thioether (sulfide) groups is 3. The maximum absolute atomic E-state index is 11.9. The Labute approximate surface area is 625 Å². The number of unbranched alkanes of at least 4 members (excludes halogenated alkanes) is 5. The summed E-state index contributed by atoms with van der Waals surface area (Å²) in [5.74, 6) is -1.66. The van der Waals surface area contributed by atoms with Crippen LogP contribution < -0.4 is 16.0 Å². The van der Waals surface area contributed by atoms with E-state index in [4.69, 9.17) is 70.6 Å². The van der Waals surface area contributed by atoms with Gasteiger partial charge in [0.05, 0.1) is 40.0 Å². The first kappa shape index (κ1) is 102. The summed E-state index contributed by atoms with van der Waals surface area (Å²) in [6.07, 6.45) is 30.0. The predicted octanol–water partition coefficient (Wildman–Crippen LogP) is 7.59. The summed E-state index contributed by atoms with van der Waals surface area (Å²) < 4.78 is 39.4. The van der Waals surface area contributed by atoms with Crippen molar-refractivity contribution in [2.45, 2.75) is 121 Å². The molecular formula is C61H93BrN14O19S6. The van der Waals surface area contributed by atoms with Crippen LogP contribution >= 0.6 is 87.9 Å². The molecule has 0 fully saturated rings. The number of H-pyrrole nitrogens is 1. The largest absolute Gasteiger partial charge is 0.462 e. The highest BCUT2D eigenvalue weighted by atomic mass is 79.9. The topological polar surface area (TPSA) is 431 Å². The number of alkyl halides is 1. The minimum absolute atomic E-state index is 0.0122. The number of carbonyl (C=O) groups is 7. The molecule has 4 aromatic heterocycles. The Morgan fingerprint density at radius 1 is 0.505 bits per heavy atom. The molecule has 0 radical (unpaired) electrons. The summed E-state index contributed by atoms with van der Waals surface area (Å²) in [6, 6.07) is 7.05. The number of aliphatic hydroxyl groups excluding tert-OH is 2. The monoisotopic (exact) mass is 1600 g/mol. The van der Waals surface area contributed by atoms with Crippen molar-refractivity contribution in [3.05, 3.63) is 73.8 Å². The van der Waals surface area contributed by atoms with Gasteiger partial charge in [0.15, 0.2) is 13.0 Å². The molecule has 4 heterocycles. The Bertz CT molecular complexity index is 2900. The third-order valence-electron chi connectivity index (χ3n) is 9.98. The van der Waals surface area contributed by atoms with E-state index in [9.17, 15) is 47.9 Å². The number of aliphatic imine (C=N–C) groups is 3. The minimum atomic E-state index is -0.685. The molecule has 4 rings (SSSR count). The lowest BCUT2D eigenvalue weighted by molar-refractivity contribution is -0.144. The van der Waals surface area contributed by atoms with Crippen molar-refractivity contribution in [3.8, 4) is 12.8 Å². The van der Waals surface area contributed by atoms with E-state index in [0.717, 1.165) is 68.5 Å². The maximum Gasteiger partial charge on any atom is 0.407 e. The van der Waals surface area contributed by atoms with E-state index in [2.05, 4.69) is 94.7 Å². The fourth-order valence-electron chi connectivity index (χ4n) is 5.48. The number of terminal acetylenes is 1. The predicted molar refractivity (Wildman–Crippen MR) is 400 cm³/mol. The molecule has 40 heteroatoms. The number of isocyanates is 3. The molecule has 4 aromatic rings. The van der Waals surface area contributed by atoms with Gasteiger partial charge in [-0.3, -0.25) is 24.3 Å². The molecule has 4 atom stereocenters. The number of aromatic amines is 1. The highest BCUT2D eigenvalue weighted by Crippen LogP contribution is 2.18. The van der Waals surface area contributed by atoms with E-state index in [0.29, 0.717) is 39.1 Å². The van der Waals surface area contributed by atoms with Gasteiger partial charge < -0.3 is 59.3 Å². The highest BCUT2D eigenvalue weighted by Gasteiger charge is 2.21. The molecule has 0 saturated carbocycles. The third-order valence-corrected chi connectivity index (χ3v) is 14.6. The van der Waals surface area contributed by atoms with Crippen LogP contribution in [0.2, 0.25) is 0 Å². The van der Waals surface area contributed by atoms with Crippen LogP contribution in [0.4, 0.5) is 14.4 Å². The fourth-order valence-corrected chi connectivity index (χ4v) is 9.28. The van der Waals surface area contributed by atoms with Crippen LogP contribution in [0, 0.1) is 12.8 Å². The van der Waals surface area contributed by atoms with Crippen molar-refractivity contribution in [3.63, 3.8) is 0 Å². The number of amides is 3. The second-order valence-electron chi connectivity index (χ2n) is 17.4. The molecule has 564 valence electrons. The van der Waals surface area contributed by atoms with Gasteiger partial charge in [-0.05, 0) is 84.1 Å². The second-order valence-corrected chi connectivity index (χ2v) is 24.7. The first-order chi connectivity index (χ1) is 48.7. The summed E-state index contributed by atoms with van der Waals surface area (Å²) >= 11 is 21.9. The molecule has 0 bridgehead atoms. The van der Waals surface area contributed by atoms with Gasteiger partial charge in [0.25, 0.3) is 0 Å². The van der Waals surface area contributed by atoms with Gasteiger partial charge >= 0.3 is 42.2 Å². The van der Waals surface area contributed by atoms with Gasteiger partial charge in [0.2, 0.25) is 18.2 Å². The molecule has 0 saturated heterocycles. The van der Waals surface area contributed by atoms with Gasteiger partial charge in [-0.15, -0.1) is 12.8 Å². The van der Waals surface area contributed by atoms with E-state index in [1.165, 1.54) is 51.2 Å². The summed E-state index contributed by atoms with van der Waals surface area (Å²) in [5, 5.41) is 40.8. The average molecular weight is 1600 g/mol. The Balaban J connectivity index is -0.000000384. The van der Waals surface area contributed by atoms with Crippen LogP contribution in [-0.2, 0) is 66.7 Å². The van der Waals surface area contributed by atoms with E-state index < -0.39 is 51.9 Å². The molecule has 0 aliphatic heterocycles. The van der Waals surface area contributed by atoms with E-state index in [1.807, 2.05) is 33.8 Å². The number of aliphatic hydroxyl groups is 2. The lowest BCUT2D eigenvalue weighted by Crippen LogP contribution is -2.35. The number of aromatic nitrogens is 8. The molecule has 33 nitrogen and oxygen atoms in total. The van der Waals surface area contributed by atoms with Crippen molar-refractivity contribution in [2.24, 2.45) is 15.0 Å². The number of halogens is 1. The van der Waals surface area contributed by atoms with Crippen LogP contribution in [0.5, 0.6) is 0 Å². The van der Waals surface area contributed by atoms with Gasteiger partial charge in [0, 0.05) is 69.2 Å². The van der Waals surface area contributed by atoms with Crippen LogP contribution in [0.1, 0.15) is 100 Å². The van der Waals surface area contributed by atoms with Crippen molar-refractivity contribution >= 4 is 161 Å². The molecule has 0 aliphatic rings. The van der Waals surface area contributed by atoms with E-state index in [-0.39, 0.29) is 76.7 Å². The first-order valence-corrected chi connectivity index (χ1v) is 35.7. The zero-order valence-corrected chi connectivity index (χ0v) is 64.4. The summed E-state index contributed by atoms with van der Waals surface area (Å²) in [5.41, 5.74) is 0. The smallest absolute Gasteiger partial charge is 0.407 e. The third kappa shape index (κ3) is 65.0. The lowest BCUT2D eigenvalue weighted by Gasteiger charge is -2.12. The second kappa shape index (κ2) is 76.1. The fraction of sp³-hybridized carbons (Fsp3) is 0.557. The number of nitrogens with one attached hydrogen (secondary N) is 4. The molecule has 0 aromatic carbocycles. The lowest BCUT2D eigenvalue weighted by atomic mass is 10.2. The number of rotatable bonds is 33. The summed E-state index contributed by atoms with van der Waals surface area (Å²) in [6.45, 7) is 16.7. The van der Waals surface area contributed by atoms with Crippen molar-refractivity contribution in [1.82, 2.24) is 55.5 Å². The number of alkyl carbamates (subject to hydrolysis) is 3. The number of nitrogens with zero attached hydrogens (tertiary/aromatic N) is 10. The van der Waals surface area contributed by atoms with Gasteiger partial charge in [-0.25, -0.2) is 57.8 Å². The molecule has 4 unspecified atom stereocenters. The number of carbonyl (C=O) groups excluding carboxylic acids is 10. The SMILES string of the molecule is C#C.CC.CC.CC(Br)C(=O)OCCO.CC(SC(=S)n1cccn1)C(=O)OCCO.CC(SC(=S)n1cccn1)C(=O)OCCOC(=O)NCCCCCCN=C=O.COC(=O)NCCNC(=O)OCCOC(=O)C(C)SC(=S)n1cccn1.O=C=NCCCCCN=C=O.c1cn[nH]c1. The first-order valence-electron chi connectivity index (χ1n) is 30.9. The number of ether oxygens (including phenoxy) is 7. The molecule has 0 aliphatic carbocycles. The van der Waals surface area contributed by atoms with Crippen LogP contribution in [0.25, 0.3) is 0 Å². The maximum atomic E-state index is 11.9.